The van der Waals surface area contributed by atoms with E-state index in [0.717, 1.165) is 16.7 Å². The Morgan fingerprint density at radius 1 is 1.00 bits per heavy atom. The zero-order valence-electron chi connectivity index (χ0n) is 16.4. The van der Waals surface area contributed by atoms with Crippen LogP contribution >= 0.6 is 0 Å². The lowest BCUT2D eigenvalue weighted by molar-refractivity contribution is -0.133. The minimum absolute atomic E-state index is 0.0579. The van der Waals surface area contributed by atoms with Crippen LogP contribution in [0.2, 0.25) is 0 Å². The van der Waals surface area contributed by atoms with Gasteiger partial charge < -0.3 is 10.2 Å². The summed E-state index contributed by atoms with van der Waals surface area (Å²) >= 11 is 0. The van der Waals surface area contributed by atoms with Crippen LogP contribution in [0.4, 0.5) is 0 Å². The molecule has 2 aromatic rings. The average Bonchev–Trinajstić information content (AvgIpc) is 2.72. The summed E-state index contributed by atoms with van der Waals surface area (Å²) < 4.78 is 0. The lowest BCUT2D eigenvalue weighted by atomic mass is 10.0. The fraction of sp³-hybridized carbons (Fsp3) is 0.208. The molecule has 2 amide bonds. The van der Waals surface area contributed by atoms with Gasteiger partial charge in [0, 0.05) is 24.9 Å². The number of rotatable bonds is 7. The molecule has 0 unspecified atom stereocenters. The topological polar surface area (TPSA) is 66.5 Å². The number of amides is 2. The number of nitrogens with one attached hydrogen (secondary N) is 1. The largest absolute Gasteiger partial charge is 0.352 e. The number of carbonyl (C=O) groups excluding carboxylic acids is 3. The van der Waals surface area contributed by atoms with E-state index in [1.54, 1.807) is 13.1 Å². The van der Waals surface area contributed by atoms with Crippen molar-refractivity contribution in [2.75, 3.05) is 13.1 Å². The van der Waals surface area contributed by atoms with E-state index in [-0.39, 0.29) is 24.0 Å². The zero-order chi connectivity index (χ0) is 20.6. The molecular weight excluding hydrogens is 364 g/mol. The lowest BCUT2D eigenvalue weighted by Crippen LogP contribution is -2.33. The second-order valence-electron chi connectivity index (χ2n) is 6.97. The summed E-state index contributed by atoms with van der Waals surface area (Å²) in [6.45, 7) is 2.49. The molecule has 0 spiro atoms. The standard InChI is InChI=1S/C24H24N2O3/c1-18-17-26(24(29)16-22(18)27)14-6-5-13-25-23(28)15-19-9-11-21(12-10-19)20-7-3-2-4-8-20/h2-12,17H,13-16H2,1H3,(H,25,28)/b6-5-. The third kappa shape index (κ3) is 5.75. The van der Waals surface area contributed by atoms with Crippen molar-refractivity contribution in [2.24, 2.45) is 0 Å². The Morgan fingerprint density at radius 3 is 2.41 bits per heavy atom. The maximum atomic E-state index is 12.1. The number of carbonyl (C=O) groups is 3. The van der Waals surface area contributed by atoms with Crippen LogP contribution < -0.4 is 5.32 Å². The monoisotopic (exact) mass is 388 g/mol. The van der Waals surface area contributed by atoms with Crippen LogP contribution in [0.3, 0.4) is 0 Å². The number of nitrogens with zero attached hydrogens (tertiary/aromatic N) is 1. The van der Waals surface area contributed by atoms with Crippen molar-refractivity contribution in [3.05, 3.63) is 84.1 Å². The molecule has 0 fully saturated rings. The molecular formula is C24H24N2O3. The Balaban J connectivity index is 1.42. The zero-order valence-corrected chi connectivity index (χ0v) is 16.4. The van der Waals surface area contributed by atoms with Crippen LogP contribution in [0.5, 0.6) is 0 Å². The van der Waals surface area contributed by atoms with Gasteiger partial charge in [0.15, 0.2) is 5.78 Å². The smallest absolute Gasteiger partial charge is 0.234 e. The van der Waals surface area contributed by atoms with Crippen LogP contribution in [-0.2, 0) is 20.8 Å². The normalized spacial score (nSPS) is 14.2. The summed E-state index contributed by atoms with van der Waals surface area (Å²) in [7, 11) is 0. The first-order valence-corrected chi connectivity index (χ1v) is 9.60. The Morgan fingerprint density at radius 2 is 1.69 bits per heavy atom. The second-order valence-corrected chi connectivity index (χ2v) is 6.97. The minimum atomic E-state index is -0.201. The quantitative estimate of drug-likeness (QED) is 0.585. The number of ketones is 1. The van der Waals surface area contributed by atoms with Crippen LogP contribution in [0.15, 0.2) is 78.5 Å². The maximum Gasteiger partial charge on any atom is 0.234 e. The van der Waals surface area contributed by atoms with E-state index in [1.165, 1.54) is 4.90 Å². The van der Waals surface area contributed by atoms with E-state index in [2.05, 4.69) is 17.4 Å². The first-order chi connectivity index (χ1) is 14.0. The molecule has 2 aromatic carbocycles. The maximum absolute atomic E-state index is 12.1. The third-order valence-corrected chi connectivity index (χ3v) is 4.73. The Kier molecular flexibility index (Phi) is 6.74. The van der Waals surface area contributed by atoms with E-state index in [1.807, 2.05) is 54.6 Å². The summed E-state index contributed by atoms with van der Waals surface area (Å²) in [6.07, 6.45) is 5.44. The summed E-state index contributed by atoms with van der Waals surface area (Å²) in [5.41, 5.74) is 3.81. The fourth-order valence-corrected chi connectivity index (χ4v) is 3.05. The van der Waals surface area contributed by atoms with Crippen molar-refractivity contribution in [3.63, 3.8) is 0 Å². The van der Waals surface area contributed by atoms with Crippen molar-refractivity contribution >= 4 is 17.6 Å². The molecule has 0 atom stereocenters. The molecule has 29 heavy (non-hydrogen) atoms. The molecule has 0 saturated heterocycles. The molecule has 3 rings (SSSR count). The van der Waals surface area contributed by atoms with E-state index in [0.29, 0.717) is 25.1 Å². The highest BCUT2D eigenvalue weighted by Gasteiger charge is 2.21. The Hall–Kier alpha value is -3.47. The van der Waals surface area contributed by atoms with Crippen molar-refractivity contribution in [1.29, 1.82) is 0 Å². The summed E-state index contributed by atoms with van der Waals surface area (Å²) in [6, 6.07) is 18.1. The van der Waals surface area contributed by atoms with Crippen LogP contribution in [0.25, 0.3) is 11.1 Å². The van der Waals surface area contributed by atoms with Crippen LogP contribution in [-0.4, -0.2) is 35.6 Å². The molecule has 1 aliphatic heterocycles. The van der Waals surface area contributed by atoms with Crippen LogP contribution in [0.1, 0.15) is 18.9 Å². The molecule has 0 bridgehead atoms. The molecule has 0 radical (unpaired) electrons. The SMILES string of the molecule is CC1=CN(C/C=C\CNC(=O)Cc2ccc(-c3ccccc3)cc2)C(=O)CC1=O. The van der Waals surface area contributed by atoms with Crippen LogP contribution in [0, 0.1) is 0 Å². The van der Waals surface area contributed by atoms with Gasteiger partial charge in [0.2, 0.25) is 11.8 Å². The predicted octanol–water partition coefficient (Wildman–Crippen LogP) is 3.27. The number of benzene rings is 2. The van der Waals surface area contributed by atoms with Gasteiger partial charge in [-0.1, -0.05) is 66.7 Å². The number of Topliss-reactive ketones (excluding diaryl/α,β-unsaturated/α-hetero) is 1. The van der Waals surface area contributed by atoms with E-state index >= 15 is 0 Å². The Labute approximate surface area is 170 Å². The molecule has 5 heteroatoms. The third-order valence-electron chi connectivity index (χ3n) is 4.73. The van der Waals surface area contributed by atoms with Crippen molar-refractivity contribution in [1.82, 2.24) is 10.2 Å². The predicted molar refractivity (Wildman–Crippen MR) is 113 cm³/mol. The molecule has 1 aliphatic rings. The van der Waals surface area contributed by atoms with Crippen molar-refractivity contribution in [2.45, 2.75) is 19.8 Å². The number of allylic oxidation sites excluding steroid dienone is 1. The molecule has 5 nitrogen and oxygen atoms in total. The van der Waals surface area contributed by atoms with Crippen molar-refractivity contribution in [3.8, 4) is 11.1 Å². The highest BCUT2D eigenvalue weighted by Crippen LogP contribution is 2.19. The summed E-state index contributed by atoms with van der Waals surface area (Å²) in [5.74, 6) is -0.384. The van der Waals surface area contributed by atoms with Gasteiger partial charge in [0.05, 0.1) is 12.8 Å². The molecule has 148 valence electrons. The fourth-order valence-electron chi connectivity index (χ4n) is 3.05. The van der Waals surface area contributed by atoms with E-state index < -0.39 is 0 Å². The molecule has 1 N–H and O–H groups in total. The molecule has 0 aromatic heterocycles. The first kappa shape index (κ1) is 20.3. The highest BCUT2D eigenvalue weighted by atomic mass is 16.2. The lowest BCUT2D eigenvalue weighted by Gasteiger charge is -2.21. The van der Waals surface area contributed by atoms with Gasteiger partial charge in [-0.15, -0.1) is 0 Å². The van der Waals surface area contributed by atoms with E-state index in [9.17, 15) is 14.4 Å². The van der Waals surface area contributed by atoms with E-state index in [4.69, 9.17) is 0 Å². The molecule has 1 heterocycles. The van der Waals surface area contributed by atoms with Gasteiger partial charge in [-0.2, -0.15) is 0 Å². The van der Waals surface area contributed by atoms with Gasteiger partial charge >= 0.3 is 0 Å². The molecule has 0 saturated carbocycles. The van der Waals surface area contributed by atoms with Gasteiger partial charge in [-0.25, -0.2) is 0 Å². The summed E-state index contributed by atoms with van der Waals surface area (Å²) in [4.78, 5) is 36.9. The second kappa shape index (κ2) is 9.64. The first-order valence-electron chi connectivity index (χ1n) is 9.60. The number of hydrogen-bond donors (Lipinski definition) is 1. The van der Waals surface area contributed by atoms with Gasteiger partial charge in [0.1, 0.15) is 0 Å². The Bertz CT molecular complexity index is 944. The number of hydrogen-bond acceptors (Lipinski definition) is 3. The highest BCUT2D eigenvalue weighted by molar-refractivity contribution is 6.09. The van der Waals surface area contributed by atoms with Crippen molar-refractivity contribution < 1.29 is 14.4 Å². The molecule has 0 aliphatic carbocycles. The minimum Gasteiger partial charge on any atom is -0.352 e. The van der Waals surface area contributed by atoms with Gasteiger partial charge in [-0.05, 0) is 23.6 Å². The average molecular weight is 388 g/mol. The van der Waals surface area contributed by atoms with Gasteiger partial charge in [0.25, 0.3) is 0 Å². The van der Waals surface area contributed by atoms with Gasteiger partial charge in [-0.3, -0.25) is 14.4 Å². The summed E-state index contributed by atoms with van der Waals surface area (Å²) in [5, 5.41) is 2.84.